The maximum Gasteiger partial charge on any atom is 0.240 e. The zero-order chi connectivity index (χ0) is 18.2. The van der Waals surface area contributed by atoms with Crippen LogP contribution in [0.25, 0.3) is 0 Å². The van der Waals surface area contributed by atoms with Crippen LogP contribution in [0, 0.1) is 12.3 Å². The van der Waals surface area contributed by atoms with Gasteiger partial charge in [0.15, 0.2) is 9.84 Å². The van der Waals surface area contributed by atoms with Crippen LogP contribution in [-0.4, -0.2) is 49.2 Å². The van der Waals surface area contributed by atoms with Crippen molar-refractivity contribution >= 4 is 27.3 Å². The Morgan fingerprint density at radius 1 is 1.28 bits per heavy atom. The number of amides is 2. The molecule has 1 unspecified atom stereocenters. The highest BCUT2D eigenvalue weighted by molar-refractivity contribution is 7.91. The normalized spacial score (nSPS) is 23.0. The van der Waals surface area contributed by atoms with Gasteiger partial charge in [-0.2, -0.15) is 0 Å². The quantitative estimate of drug-likeness (QED) is 0.807. The summed E-state index contributed by atoms with van der Waals surface area (Å²) in [5.74, 6) is -0.402. The highest BCUT2D eigenvalue weighted by Crippen LogP contribution is 2.49. The molecule has 1 saturated heterocycles. The molecule has 0 aromatic heterocycles. The first-order chi connectivity index (χ1) is 11.8. The van der Waals surface area contributed by atoms with Crippen LogP contribution in [0.3, 0.4) is 0 Å². The van der Waals surface area contributed by atoms with Crippen molar-refractivity contribution in [2.45, 2.75) is 39.2 Å². The van der Waals surface area contributed by atoms with Crippen LogP contribution in [0.2, 0.25) is 0 Å². The van der Waals surface area contributed by atoms with Gasteiger partial charge >= 0.3 is 0 Å². The van der Waals surface area contributed by atoms with E-state index in [-0.39, 0.29) is 29.4 Å². The third-order valence-electron chi connectivity index (χ3n) is 5.24. The number of carbonyl (C=O) groups is 2. The standard InChI is InChI=1S/C18H24N2O4S/c1-3-20(14-8-11-25(23,24)12-14)17(22)18(9-10-18)16(21)19-15-7-5-4-6-13(15)2/h4-7,14H,3,8-12H2,1-2H3,(H,19,21). The molecular weight excluding hydrogens is 340 g/mol. The van der Waals surface area contributed by atoms with E-state index in [1.54, 1.807) is 4.90 Å². The van der Waals surface area contributed by atoms with Crippen molar-refractivity contribution in [3.8, 4) is 0 Å². The van der Waals surface area contributed by atoms with Crippen molar-refractivity contribution < 1.29 is 18.0 Å². The predicted octanol–water partition coefficient (Wildman–Crippen LogP) is 1.75. The summed E-state index contributed by atoms with van der Waals surface area (Å²) >= 11 is 0. The number of carbonyl (C=O) groups excluding carboxylic acids is 2. The molecule has 0 bridgehead atoms. The average molecular weight is 364 g/mol. The van der Waals surface area contributed by atoms with Crippen molar-refractivity contribution in [1.29, 1.82) is 0 Å². The molecule has 1 aliphatic carbocycles. The van der Waals surface area contributed by atoms with Gasteiger partial charge in [0.25, 0.3) is 0 Å². The van der Waals surface area contributed by atoms with E-state index in [1.165, 1.54) is 0 Å². The Balaban J connectivity index is 1.76. The van der Waals surface area contributed by atoms with Gasteiger partial charge in [-0.3, -0.25) is 9.59 Å². The zero-order valence-corrected chi connectivity index (χ0v) is 15.4. The highest BCUT2D eigenvalue weighted by atomic mass is 32.2. The molecule has 1 aromatic carbocycles. The van der Waals surface area contributed by atoms with Crippen LogP contribution in [0.4, 0.5) is 5.69 Å². The Morgan fingerprint density at radius 2 is 1.96 bits per heavy atom. The Hall–Kier alpha value is -1.89. The van der Waals surface area contributed by atoms with Crippen molar-refractivity contribution in [2.75, 3.05) is 23.4 Å². The number of aryl methyl sites for hydroxylation is 1. The molecule has 1 aliphatic heterocycles. The number of anilines is 1. The lowest BCUT2D eigenvalue weighted by Crippen LogP contribution is -2.48. The molecule has 0 radical (unpaired) electrons. The van der Waals surface area contributed by atoms with E-state index in [1.807, 2.05) is 38.1 Å². The third kappa shape index (κ3) is 3.42. The number of rotatable bonds is 5. The van der Waals surface area contributed by atoms with E-state index in [0.29, 0.717) is 31.5 Å². The van der Waals surface area contributed by atoms with E-state index in [4.69, 9.17) is 0 Å². The summed E-state index contributed by atoms with van der Waals surface area (Å²) in [6.07, 6.45) is 1.48. The van der Waals surface area contributed by atoms with E-state index < -0.39 is 15.3 Å². The molecule has 136 valence electrons. The minimum absolute atomic E-state index is 0.00206. The van der Waals surface area contributed by atoms with Crippen molar-refractivity contribution in [3.05, 3.63) is 29.8 Å². The van der Waals surface area contributed by atoms with Crippen LogP contribution in [0.5, 0.6) is 0 Å². The summed E-state index contributed by atoms with van der Waals surface area (Å²) in [6.45, 7) is 4.15. The fourth-order valence-corrected chi connectivity index (χ4v) is 5.21. The van der Waals surface area contributed by atoms with Gasteiger partial charge in [-0.1, -0.05) is 18.2 Å². The fourth-order valence-electron chi connectivity index (χ4n) is 3.48. The second kappa shape index (κ2) is 6.44. The van der Waals surface area contributed by atoms with Crippen LogP contribution in [0.1, 0.15) is 31.7 Å². The third-order valence-corrected chi connectivity index (χ3v) is 6.99. The second-order valence-electron chi connectivity index (χ2n) is 7.00. The number of nitrogens with one attached hydrogen (secondary N) is 1. The number of hydrogen-bond donors (Lipinski definition) is 1. The Kier molecular flexibility index (Phi) is 4.62. The summed E-state index contributed by atoms with van der Waals surface area (Å²) in [7, 11) is -3.08. The molecule has 1 saturated carbocycles. The first-order valence-corrected chi connectivity index (χ1v) is 10.5. The summed E-state index contributed by atoms with van der Waals surface area (Å²) < 4.78 is 23.5. The van der Waals surface area contributed by atoms with Gasteiger partial charge in [0.2, 0.25) is 11.8 Å². The first-order valence-electron chi connectivity index (χ1n) is 8.68. The van der Waals surface area contributed by atoms with Gasteiger partial charge in [0.1, 0.15) is 5.41 Å². The highest BCUT2D eigenvalue weighted by Gasteiger charge is 2.59. The van der Waals surface area contributed by atoms with Crippen LogP contribution in [0.15, 0.2) is 24.3 Å². The zero-order valence-electron chi connectivity index (χ0n) is 14.6. The summed E-state index contributed by atoms with van der Waals surface area (Å²) in [5, 5.41) is 2.87. The molecule has 3 rings (SSSR count). The largest absolute Gasteiger partial charge is 0.338 e. The van der Waals surface area contributed by atoms with Crippen molar-refractivity contribution in [3.63, 3.8) is 0 Å². The molecule has 6 nitrogen and oxygen atoms in total. The van der Waals surface area contributed by atoms with Crippen LogP contribution >= 0.6 is 0 Å². The lowest BCUT2D eigenvalue weighted by Gasteiger charge is -2.30. The molecule has 25 heavy (non-hydrogen) atoms. The lowest BCUT2D eigenvalue weighted by atomic mass is 10.0. The summed E-state index contributed by atoms with van der Waals surface area (Å²) in [5.41, 5.74) is 0.608. The summed E-state index contributed by atoms with van der Waals surface area (Å²) in [4.78, 5) is 27.4. The van der Waals surface area contributed by atoms with Crippen LogP contribution in [-0.2, 0) is 19.4 Å². The van der Waals surface area contributed by atoms with E-state index in [0.717, 1.165) is 5.56 Å². The molecular formula is C18H24N2O4S. The van der Waals surface area contributed by atoms with Gasteiger partial charge < -0.3 is 10.2 Å². The first kappa shape index (κ1) is 17.9. The molecule has 1 N–H and O–H groups in total. The number of hydrogen-bond acceptors (Lipinski definition) is 4. The molecule has 7 heteroatoms. The minimum Gasteiger partial charge on any atom is -0.338 e. The number of benzene rings is 1. The average Bonchev–Trinajstić information content (AvgIpc) is 3.30. The van der Waals surface area contributed by atoms with E-state index in [9.17, 15) is 18.0 Å². The SMILES string of the molecule is CCN(C(=O)C1(C(=O)Nc2ccccc2C)CC1)C1CCS(=O)(=O)C1. The minimum atomic E-state index is -3.08. The predicted molar refractivity (Wildman–Crippen MR) is 95.9 cm³/mol. The topological polar surface area (TPSA) is 83.6 Å². The molecule has 0 spiro atoms. The molecule has 2 aliphatic rings. The Bertz CT molecular complexity index is 799. The van der Waals surface area contributed by atoms with Gasteiger partial charge in [0, 0.05) is 18.3 Å². The van der Waals surface area contributed by atoms with Crippen molar-refractivity contribution in [1.82, 2.24) is 4.90 Å². The molecule has 1 aromatic rings. The number of para-hydroxylation sites is 1. The van der Waals surface area contributed by atoms with E-state index >= 15 is 0 Å². The molecule has 1 heterocycles. The van der Waals surface area contributed by atoms with Gasteiger partial charge in [-0.05, 0) is 44.7 Å². The maximum absolute atomic E-state index is 13.0. The van der Waals surface area contributed by atoms with Gasteiger partial charge in [-0.15, -0.1) is 0 Å². The fraction of sp³-hybridized carbons (Fsp3) is 0.556. The van der Waals surface area contributed by atoms with Gasteiger partial charge in [-0.25, -0.2) is 8.42 Å². The van der Waals surface area contributed by atoms with Gasteiger partial charge in [0.05, 0.1) is 11.5 Å². The molecule has 2 fully saturated rings. The maximum atomic E-state index is 13.0. The monoisotopic (exact) mass is 364 g/mol. The Morgan fingerprint density at radius 3 is 2.48 bits per heavy atom. The van der Waals surface area contributed by atoms with Crippen LogP contribution < -0.4 is 5.32 Å². The van der Waals surface area contributed by atoms with E-state index in [2.05, 4.69) is 5.32 Å². The molecule has 1 atom stereocenters. The summed E-state index contributed by atoms with van der Waals surface area (Å²) in [6, 6.07) is 7.13. The molecule has 2 amide bonds. The Labute approximate surface area is 148 Å². The number of nitrogens with zero attached hydrogens (tertiary/aromatic N) is 1. The lowest BCUT2D eigenvalue weighted by molar-refractivity contribution is -0.143. The number of sulfone groups is 1. The smallest absolute Gasteiger partial charge is 0.240 e. The van der Waals surface area contributed by atoms with Crippen molar-refractivity contribution in [2.24, 2.45) is 5.41 Å². The second-order valence-corrected chi connectivity index (χ2v) is 9.23.